The van der Waals surface area contributed by atoms with Crippen LogP contribution in [-0.2, 0) is 4.79 Å². The summed E-state index contributed by atoms with van der Waals surface area (Å²) < 4.78 is 46.3. The van der Waals surface area contributed by atoms with Gasteiger partial charge in [0.05, 0.1) is 16.8 Å². The van der Waals surface area contributed by atoms with E-state index in [0.717, 1.165) is 17.7 Å². The van der Waals surface area contributed by atoms with Gasteiger partial charge in [-0.3, -0.25) is 4.79 Å². The molecule has 6 nitrogen and oxygen atoms in total. The van der Waals surface area contributed by atoms with Crippen LogP contribution < -0.4 is 5.01 Å². The van der Waals surface area contributed by atoms with Gasteiger partial charge in [0.25, 0.3) is 5.91 Å². The largest absolute Gasteiger partial charge is 0.478 e. The number of alkyl halides is 3. The molecular formula is C22H13F3N2O4. The zero-order valence-electron chi connectivity index (χ0n) is 15.6. The number of furan rings is 1. The van der Waals surface area contributed by atoms with Gasteiger partial charge in [-0.1, -0.05) is 36.4 Å². The fourth-order valence-corrected chi connectivity index (χ4v) is 3.03. The van der Waals surface area contributed by atoms with E-state index in [1.54, 1.807) is 30.3 Å². The fourth-order valence-electron chi connectivity index (χ4n) is 3.03. The van der Waals surface area contributed by atoms with Crippen LogP contribution in [0, 0.1) is 0 Å². The third-order valence-corrected chi connectivity index (χ3v) is 4.46. The molecule has 1 aromatic heterocycles. The quantitative estimate of drug-likeness (QED) is 0.596. The Bertz CT molecular complexity index is 1230. The van der Waals surface area contributed by atoms with E-state index in [1.165, 1.54) is 24.3 Å². The van der Waals surface area contributed by atoms with E-state index < -0.39 is 29.3 Å². The molecule has 0 saturated carbocycles. The van der Waals surface area contributed by atoms with E-state index in [4.69, 9.17) is 9.52 Å². The maximum absolute atomic E-state index is 13.6. The lowest BCUT2D eigenvalue weighted by atomic mass is 10.1. The van der Waals surface area contributed by atoms with Crippen molar-refractivity contribution in [3.8, 4) is 11.3 Å². The summed E-state index contributed by atoms with van der Waals surface area (Å²) in [7, 11) is 0. The molecule has 1 N–H and O–H groups in total. The molecule has 31 heavy (non-hydrogen) atoms. The molecule has 2 aromatic carbocycles. The van der Waals surface area contributed by atoms with Crippen molar-refractivity contribution in [3.05, 3.63) is 83.6 Å². The molecule has 9 heteroatoms. The highest BCUT2D eigenvalue weighted by molar-refractivity contribution is 6.34. The minimum Gasteiger partial charge on any atom is -0.478 e. The summed E-state index contributed by atoms with van der Waals surface area (Å²) in [6, 6.07) is 16.9. The van der Waals surface area contributed by atoms with Crippen LogP contribution >= 0.6 is 0 Å². The van der Waals surface area contributed by atoms with Crippen molar-refractivity contribution in [3.63, 3.8) is 0 Å². The van der Waals surface area contributed by atoms with Gasteiger partial charge in [-0.2, -0.15) is 23.3 Å². The predicted molar refractivity (Wildman–Crippen MR) is 106 cm³/mol. The molecule has 1 amide bonds. The second kappa shape index (κ2) is 7.60. The Morgan fingerprint density at radius 2 is 1.77 bits per heavy atom. The first-order chi connectivity index (χ1) is 14.7. The van der Waals surface area contributed by atoms with Crippen LogP contribution in [0.1, 0.15) is 16.1 Å². The first kappa shape index (κ1) is 20.1. The van der Waals surface area contributed by atoms with Gasteiger partial charge in [-0.15, -0.1) is 0 Å². The molecule has 156 valence electrons. The zero-order chi connectivity index (χ0) is 22.2. The maximum atomic E-state index is 13.6. The number of amides is 1. The van der Waals surface area contributed by atoms with Crippen LogP contribution in [0.4, 0.5) is 18.9 Å². The first-order valence-corrected chi connectivity index (χ1v) is 8.95. The highest BCUT2D eigenvalue weighted by Crippen LogP contribution is 2.33. The number of rotatable bonds is 4. The van der Waals surface area contributed by atoms with Crippen molar-refractivity contribution in [2.45, 2.75) is 6.18 Å². The molecular weight excluding hydrogens is 413 g/mol. The molecule has 0 aliphatic carbocycles. The Balaban J connectivity index is 1.73. The Kier molecular flexibility index (Phi) is 4.94. The van der Waals surface area contributed by atoms with Crippen molar-refractivity contribution in [1.82, 2.24) is 0 Å². The number of anilines is 1. The van der Waals surface area contributed by atoms with Crippen LogP contribution in [-0.4, -0.2) is 28.9 Å². The lowest BCUT2D eigenvalue weighted by Crippen LogP contribution is -2.25. The van der Waals surface area contributed by atoms with E-state index in [0.29, 0.717) is 10.8 Å². The Hall–Kier alpha value is -4.14. The Labute approximate surface area is 173 Å². The van der Waals surface area contributed by atoms with Crippen LogP contribution in [0.3, 0.4) is 0 Å². The highest BCUT2D eigenvalue weighted by atomic mass is 19.4. The number of carboxylic acid groups (broad SMARTS) is 1. The van der Waals surface area contributed by atoms with E-state index in [-0.39, 0.29) is 17.0 Å². The second-order valence-electron chi connectivity index (χ2n) is 6.54. The topological polar surface area (TPSA) is 83.1 Å². The van der Waals surface area contributed by atoms with Gasteiger partial charge in [0.2, 0.25) is 0 Å². The van der Waals surface area contributed by atoms with E-state index >= 15 is 0 Å². The Morgan fingerprint density at radius 3 is 2.45 bits per heavy atom. The van der Waals surface area contributed by atoms with Crippen molar-refractivity contribution in [2.24, 2.45) is 5.10 Å². The predicted octanol–water partition coefficient (Wildman–Crippen LogP) is 4.99. The van der Waals surface area contributed by atoms with Crippen molar-refractivity contribution in [2.75, 3.05) is 5.01 Å². The average Bonchev–Trinajstić information content (AvgIpc) is 3.34. The molecule has 1 aliphatic heterocycles. The van der Waals surface area contributed by atoms with Crippen molar-refractivity contribution in [1.29, 1.82) is 0 Å². The number of nitrogens with zero attached hydrogens (tertiary/aromatic N) is 2. The molecule has 0 spiro atoms. The monoisotopic (exact) mass is 426 g/mol. The number of carbonyl (C=O) groups excluding carboxylic acids is 1. The molecule has 1 aliphatic rings. The standard InChI is InChI=1S/C22H13F3N2O4/c23-22(24,25)19-17(12-16-9-10-18(31-16)13-5-2-1-3-6-13)20(28)27(26-19)15-8-4-7-14(11-15)21(29)30/h1-12H,(H,29,30). The average molecular weight is 426 g/mol. The Morgan fingerprint density at radius 1 is 1.03 bits per heavy atom. The lowest BCUT2D eigenvalue weighted by Gasteiger charge is -2.11. The summed E-state index contributed by atoms with van der Waals surface area (Å²) in [6.45, 7) is 0. The number of hydrazone groups is 1. The van der Waals surface area contributed by atoms with Gasteiger partial charge < -0.3 is 9.52 Å². The van der Waals surface area contributed by atoms with Gasteiger partial charge in [0.15, 0.2) is 5.71 Å². The normalized spacial score (nSPS) is 15.5. The van der Waals surface area contributed by atoms with Gasteiger partial charge in [-0.25, -0.2) is 4.79 Å². The zero-order valence-corrected chi connectivity index (χ0v) is 15.6. The van der Waals surface area contributed by atoms with Crippen LogP contribution in [0.25, 0.3) is 17.4 Å². The summed E-state index contributed by atoms with van der Waals surface area (Å²) >= 11 is 0. The molecule has 0 bridgehead atoms. The van der Waals surface area contributed by atoms with Gasteiger partial charge >= 0.3 is 12.1 Å². The van der Waals surface area contributed by atoms with Crippen molar-refractivity contribution >= 4 is 29.4 Å². The third kappa shape index (κ3) is 3.97. The molecule has 0 unspecified atom stereocenters. The van der Waals surface area contributed by atoms with Crippen LogP contribution in [0.2, 0.25) is 0 Å². The molecule has 3 aromatic rings. The second-order valence-corrected chi connectivity index (χ2v) is 6.54. The minimum atomic E-state index is -4.91. The van der Waals surface area contributed by atoms with Crippen molar-refractivity contribution < 1.29 is 32.3 Å². The summed E-state index contributed by atoms with van der Waals surface area (Å²) in [6.07, 6.45) is -3.93. The molecule has 4 rings (SSSR count). The van der Waals surface area contributed by atoms with Gasteiger partial charge in [0, 0.05) is 5.56 Å². The number of benzene rings is 2. The number of hydrogen-bond donors (Lipinski definition) is 1. The summed E-state index contributed by atoms with van der Waals surface area (Å²) in [5.74, 6) is -1.87. The minimum absolute atomic E-state index is 0.0419. The number of carboxylic acids is 1. The summed E-state index contributed by atoms with van der Waals surface area (Å²) in [5.41, 5.74) is -1.66. The molecule has 0 radical (unpaired) electrons. The molecule has 0 saturated heterocycles. The third-order valence-electron chi connectivity index (χ3n) is 4.46. The number of aromatic carboxylic acids is 1. The first-order valence-electron chi connectivity index (χ1n) is 8.95. The van der Waals surface area contributed by atoms with E-state index in [2.05, 4.69) is 5.10 Å². The van der Waals surface area contributed by atoms with Crippen LogP contribution in [0.15, 0.2) is 81.8 Å². The molecule has 0 atom stereocenters. The van der Waals surface area contributed by atoms with Gasteiger partial charge in [0.1, 0.15) is 11.5 Å². The molecule has 0 fully saturated rings. The lowest BCUT2D eigenvalue weighted by molar-refractivity contribution is -0.114. The SMILES string of the molecule is O=C(O)c1cccc(N2N=C(C(F)(F)F)C(=Cc3ccc(-c4ccccc4)o3)C2=O)c1. The summed E-state index contributed by atoms with van der Waals surface area (Å²) in [5, 5.41) is 13.1. The van der Waals surface area contributed by atoms with Crippen LogP contribution in [0.5, 0.6) is 0 Å². The highest BCUT2D eigenvalue weighted by Gasteiger charge is 2.47. The number of halogens is 3. The fraction of sp³-hybridized carbons (Fsp3) is 0.0455. The maximum Gasteiger partial charge on any atom is 0.435 e. The van der Waals surface area contributed by atoms with E-state index in [1.807, 2.05) is 6.07 Å². The summed E-state index contributed by atoms with van der Waals surface area (Å²) in [4.78, 5) is 23.9. The molecule has 2 heterocycles. The number of hydrogen-bond acceptors (Lipinski definition) is 4. The number of carbonyl (C=O) groups is 2. The van der Waals surface area contributed by atoms with Gasteiger partial charge in [-0.05, 0) is 36.4 Å². The smallest absolute Gasteiger partial charge is 0.435 e. The van der Waals surface area contributed by atoms with E-state index in [9.17, 15) is 22.8 Å².